The standard InChI is InChI=1S/C15H27NO2/c1-3-12-6-7-15(17)13(9-12)10-16(2)11-14-5-4-8-18-14/h12-14H,3-11H2,1-2H3. The third kappa shape index (κ3) is 3.79. The molecule has 0 aromatic rings. The fourth-order valence-electron chi connectivity index (χ4n) is 3.34. The van der Waals surface area contributed by atoms with Gasteiger partial charge in [0.25, 0.3) is 0 Å². The van der Waals surface area contributed by atoms with E-state index in [0.717, 1.165) is 44.9 Å². The molecule has 1 saturated heterocycles. The van der Waals surface area contributed by atoms with E-state index in [-0.39, 0.29) is 5.92 Å². The van der Waals surface area contributed by atoms with Crippen LogP contribution >= 0.6 is 0 Å². The molecule has 2 fully saturated rings. The quantitative estimate of drug-likeness (QED) is 0.754. The van der Waals surface area contributed by atoms with E-state index in [1.807, 2.05) is 0 Å². The van der Waals surface area contributed by atoms with Crippen LogP contribution in [-0.2, 0) is 9.53 Å². The fourth-order valence-corrected chi connectivity index (χ4v) is 3.34. The summed E-state index contributed by atoms with van der Waals surface area (Å²) in [6.07, 6.45) is 7.01. The molecule has 1 aliphatic carbocycles. The molecule has 3 atom stereocenters. The van der Waals surface area contributed by atoms with Crippen LogP contribution in [-0.4, -0.2) is 43.5 Å². The maximum absolute atomic E-state index is 12.0. The van der Waals surface area contributed by atoms with Gasteiger partial charge in [0, 0.05) is 32.0 Å². The van der Waals surface area contributed by atoms with E-state index in [1.54, 1.807) is 0 Å². The Kier molecular flexibility index (Phi) is 5.19. The van der Waals surface area contributed by atoms with Crippen molar-refractivity contribution in [2.75, 3.05) is 26.7 Å². The maximum atomic E-state index is 12.0. The first-order chi connectivity index (χ1) is 8.69. The van der Waals surface area contributed by atoms with Crippen molar-refractivity contribution in [2.45, 2.75) is 51.6 Å². The van der Waals surface area contributed by atoms with E-state index < -0.39 is 0 Å². The number of carbonyl (C=O) groups excluding carboxylic acids is 1. The lowest BCUT2D eigenvalue weighted by Gasteiger charge is -2.31. The molecule has 0 aromatic heterocycles. The van der Waals surface area contributed by atoms with Crippen molar-refractivity contribution in [2.24, 2.45) is 11.8 Å². The summed E-state index contributed by atoms with van der Waals surface area (Å²) < 4.78 is 5.66. The van der Waals surface area contributed by atoms with Crippen molar-refractivity contribution in [3.05, 3.63) is 0 Å². The molecule has 0 spiro atoms. The maximum Gasteiger partial charge on any atom is 0.137 e. The summed E-state index contributed by atoms with van der Waals surface area (Å²) in [5.74, 6) is 1.53. The minimum atomic E-state index is 0.273. The summed E-state index contributed by atoms with van der Waals surface area (Å²) in [7, 11) is 2.13. The van der Waals surface area contributed by atoms with Crippen LogP contribution in [0.25, 0.3) is 0 Å². The van der Waals surface area contributed by atoms with Crippen LogP contribution in [0.5, 0.6) is 0 Å². The molecule has 1 aliphatic heterocycles. The predicted octanol–water partition coefficient (Wildman–Crippen LogP) is 2.49. The largest absolute Gasteiger partial charge is 0.377 e. The van der Waals surface area contributed by atoms with Gasteiger partial charge in [-0.3, -0.25) is 4.79 Å². The van der Waals surface area contributed by atoms with E-state index in [2.05, 4.69) is 18.9 Å². The molecule has 3 nitrogen and oxygen atoms in total. The average Bonchev–Trinajstić information content (AvgIpc) is 2.84. The Bertz CT molecular complexity index is 274. The molecular weight excluding hydrogens is 226 g/mol. The number of carbonyl (C=O) groups is 1. The number of nitrogens with zero attached hydrogens (tertiary/aromatic N) is 1. The van der Waals surface area contributed by atoms with Crippen LogP contribution in [0.2, 0.25) is 0 Å². The topological polar surface area (TPSA) is 29.5 Å². The summed E-state index contributed by atoms with van der Waals surface area (Å²) in [4.78, 5) is 14.3. The molecular formula is C15H27NO2. The third-order valence-corrected chi connectivity index (χ3v) is 4.52. The SMILES string of the molecule is CCC1CCC(=O)C(CN(C)CC2CCCO2)C1. The summed E-state index contributed by atoms with van der Waals surface area (Å²) >= 11 is 0. The van der Waals surface area contributed by atoms with E-state index in [9.17, 15) is 4.79 Å². The molecule has 3 heteroatoms. The second kappa shape index (κ2) is 6.67. The first-order valence-corrected chi connectivity index (χ1v) is 7.52. The monoisotopic (exact) mass is 253 g/mol. The third-order valence-electron chi connectivity index (χ3n) is 4.52. The Labute approximate surface area is 111 Å². The minimum absolute atomic E-state index is 0.273. The molecule has 2 rings (SSSR count). The number of Topliss-reactive ketones (excluding diaryl/α,β-unsaturated/α-hetero) is 1. The Hall–Kier alpha value is -0.410. The van der Waals surface area contributed by atoms with Crippen molar-refractivity contribution < 1.29 is 9.53 Å². The zero-order chi connectivity index (χ0) is 13.0. The van der Waals surface area contributed by atoms with Crippen molar-refractivity contribution in [1.29, 1.82) is 0 Å². The second-order valence-electron chi connectivity index (χ2n) is 6.07. The number of ketones is 1. The zero-order valence-corrected chi connectivity index (χ0v) is 11.9. The van der Waals surface area contributed by atoms with Gasteiger partial charge < -0.3 is 9.64 Å². The van der Waals surface area contributed by atoms with Gasteiger partial charge in [-0.15, -0.1) is 0 Å². The van der Waals surface area contributed by atoms with Gasteiger partial charge in [0.2, 0.25) is 0 Å². The van der Waals surface area contributed by atoms with Crippen LogP contribution in [0.3, 0.4) is 0 Å². The molecule has 0 amide bonds. The fraction of sp³-hybridized carbons (Fsp3) is 0.933. The van der Waals surface area contributed by atoms with Crippen molar-refractivity contribution in [1.82, 2.24) is 4.90 Å². The van der Waals surface area contributed by atoms with E-state index >= 15 is 0 Å². The van der Waals surface area contributed by atoms with Gasteiger partial charge in [0.1, 0.15) is 5.78 Å². The van der Waals surface area contributed by atoms with Crippen LogP contribution in [0.4, 0.5) is 0 Å². The normalized spacial score (nSPS) is 33.3. The first kappa shape index (κ1) is 14.0. The Balaban J connectivity index is 1.77. The number of ether oxygens (including phenoxy) is 1. The summed E-state index contributed by atoms with van der Waals surface area (Å²) in [6, 6.07) is 0. The number of hydrogen-bond donors (Lipinski definition) is 0. The van der Waals surface area contributed by atoms with E-state index in [4.69, 9.17) is 4.74 Å². The molecule has 0 radical (unpaired) electrons. The van der Waals surface area contributed by atoms with E-state index in [0.29, 0.717) is 11.9 Å². The van der Waals surface area contributed by atoms with Gasteiger partial charge in [-0.05, 0) is 38.6 Å². The predicted molar refractivity (Wildman–Crippen MR) is 72.6 cm³/mol. The Morgan fingerprint density at radius 3 is 2.83 bits per heavy atom. The van der Waals surface area contributed by atoms with Crippen LogP contribution in [0.1, 0.15) is 45.4 Å². The van der Waals surface area contributed by atoms with Crippen molar-refractivity contribution >= 4 is 5.78 Å². The highest BCUT2D eigenvalue weighted by molar-refractivity contribution is 5.81. The summed E-state index contributed by atoms with van der Waals surface area (Å²) in [5, 5.41) is 0. The summed E-state index contributed by atoms with van der Waals surface area (Å²) in [5.41, 5.74) is 0. The van der Waals surface area contributed by atoms with Gasteiger partial charge in [0.05, 0.1) is 6.10 Å². The molecule has 1 saturated carbocycles. The van der Waals surface area contributed by atoms with Crippen LogP contribution in [0.15, 0.2) is 0 Å². The first-order valence-electron chi connectivity index (χ1n) is 7.52. The lowest BCUT2D eigenvalue weighted by Crippen LogP contribution is -2.38. The van der Waals surface area contributed by atoms with Crippen molar-refractivity contribution in [3.8, 4) is 0 Å². The Morgan fingerprint density at radius 1 is 1.33 bits per heavy atom. The van der Waals surface area contributed by atoms with Gasteiger partial charge in [-0.2, -0.15) is 0 Å². The number of hydrogen-bond acceptors (Lipinski definition) is 3. The zero-order valence-electron chi connectivity index (χ0n) is 11.9. The molecule has 0 bridgehead atoms. The highest BCUT2D eigenvalue weighted by Crippen LogP contribution is 2.29. The van der Waals surface area contributed by atoms with Crippen LogP contribution < -0.4 is 0 Å². The van der Waals surface area contributed by atoms with Gasteiger partial charge in [-0.1, -0.05) is 13.3 Å². The van der Waals surface area contributed by atoms with Crippen molar-refractivity contribution in [3.63, 3.8) is 0 Å². The molecule has 104 valence electrons. The second-order valence-corrected chi connectivity index (χ2v) is 6.07. The van der Waals surface area contributed by atoms with Gasteiger partial charge in [0.15, 0.2) is 0 Å². The number of rotatable bonds is 5. The van der Waals surface area contributed by atoms with Crippen LogP contribution in [0, 0.1) is 11.8 Å². The lowest BCUT2D eigenvalue weighted by molar-refractivity contribution is -0.126. The minimum Gasteiger partial charge on any atom is -0.377 e. The molecule has 0 N–H and O–H groups in total. The highest BCUT2D eigenvalue weighted by Gasteiger charge is 2.29. The highest BCUT2D eigenvalue weighted by atomic mass is 16.5. The summed E-state index contributed by atoms with van der Waals surface area (Å²) in [6.45, 7) is 5.07. The average molecular weight is 253 g/mol. The van der Waals surface area contributed by atoms with Gasteiger partial charge >= 0.3 is 0 Å². The van der Waals surface area contributed by atoms with E-state index in [1.165, 1.54) is 19.3 Å². The molecule has 2 aliphatic rings. The lowest BCUT2D eigenvalue weighted by atomic mass is 9.79. The van der Waals surface area contributed by atoms with Gasteiger partial charge in [-0.25, -0.2) is 0 Å². The molecule has 18 heavy (non-hydrogen) atoms. The smallest absolute Gasteiger partial charge is 0.137 e. The number of likely N-dealkylation sites (N-methyl/N-ethyl adjacent to an activating group) is 1. The molecule has 3 unspecified atom stereocenters. The Morgan fingerprint density at radius 2 is 2.17 bits per heavy atom. The molecule has 1 heterocycles. The molecule has 0 aromatic carbocycles.